The highest BCUT2D eigenvalue weighted by molar-refractivity contribution is 6.08. The van der Waals surface area contributed by atoms with Crippen molar-refractivity contribution in [2.45, 2.75) is 52.3 Å². The summed E-state index contributed by atoms with van der Waals surface area (Å²) in [6.07, 6.45) is -3.79. The second-order valence-electron chi connectivity index (χ2n) is 8.36. The standard InChI is InChI=1S/C24H26F3N3O5/c1-5-23(6-2)21(33)29(22(34)28-23)12-20(32)35-13-19(31)18-10-14(3)30(15(18)4)17-9-7-8-16(11-17)24(25,26)27/h7-11H,5-6,12-13H2,1-4H3,(H,28,34). The Kier molecular flexibility index (Phi) is 7.09. The van der Waals surface area contributed by atoms with Crippen molar-refractivity contribution in [2.75, 3.05) is 13.2 Å². The molecule has 1 aromatic heterocycles. The van der Waals surface area contributed by atoms with Gasteiger partial charge < -0.3 is 14.6 Å². The van der Waals surface area contributed by atoms with Crippen molar-refractivity contribution in [1.82, 2.24) is 14.8 Å². The van der Waals surface area contributed by atoms with Gasteiger partial charge in [-0.15, -0.1) is 0 Å². The summed E-state index contributed by atoms with van der Waals surface area (Å²) in [5, 5.41) is 2.60. The smallest absolute Gasteiger partial charge is 0.416 e. The van der Waals surface area contributed by atoms with Crippen molar-refractivity contribution in [3.63, 3.8) is 0 Å². The van der Waals surface area contributed by atoms with E-state index in [-0.39, 0.29) is 11.3 Å². The van der Waals surface area contributed by atoms with Crippen molar-refractivity contribution in [3.05, 3.63) is 52.8 Å². The number of halogens is 3. The highest BCUT2D eigenvalue weighted by atomic mass is 19.4. The van der Waals surface area contributed by atoms with E-state index in [1.165, 1.54) is 22.8 Å². The molecule has 1 aliphatic heterocycles. The zero-order chi connectivity index (χ0) is 26.1. The zero-order valence-corrected chi connectivity index (χ0v) is 19.8. The molecule has 0 unspecified atom stereocenters. The molecule has 3 rings (SSSR count). The number of nitrogens with one attached hydrogen (secondary N) is 1. The predicted molar refractivity (Wildman–Crippen MR) is 119 cm³/mol. The summed E-state index contributed by atoms with van der Waals surface area (Å²) in [6.45, 7) is 5.42. The summed E-state index contributed by atoms with van der Waals surface area (Å²) in [6, 6.07) is 5.51. The highest BCUT2D eigenvalue weighted by Crippen LogP contribution is 2.31. The predicted octanol–water partition coefficient (Wildman–Crippen LogP) is 3.95. The van der Waals surface area contributed by atoms with E-state index in [1.807, 2.05) is 0 Å². The molecule has 1 aliphatic rings. The van der Waals surface area contributed by atoms with Crippen LogP contribution < -0.4 is 5.32 Å². The fourth-order valence-corrected chi connectivity index (χ4v) is 4.21. The maximum absolute atomic E-state index is 13.1. The van der Waals surface area contributed by atoms with Crippen LogP contribution in [0.3, 0.4) is 0 Å². The van der Waals surface area contributed by atoms with Crippen molar-refractivity contribution >= 4 is 23.7 Å². The Morgan fingerprint density at radius 1 is 1.09 bits per heavy atom. The second-order valence-corrected chi connectivity index (χ2v) is 8.36. The van der Waals surface area contributed by atoms with Gasteiger partial charge in [0.05, 0.1) is 5.56 Å². The van der Waals surface area contributed by atoms with Crippen LogP contribution in [0.25, 0.3) is 5.69 Å². The van der Waals surface area contributed by atoms with Crippen LogP contribution in [0.5, 0.6) is 0 Å². The molecule has 2 aromatic rings. The molecule has 0 spiro atoms. The largest absolute Gasteiger partial charge is 0.456 e. The number of carbonyl (C=O) groups excluding carboxylic acids is 4. The average Bonchev–Trinajstić information content (AvgIpc) is 3.24. The van der Waals surface area contributed by atoms with Crippen LogP contribution in [-0.2, 0) is 20.5 Å². The third-order valence-electron chi connectivity index (χ3n) is 6.27. The van der Waals surface area contributed by atoms with Gasteiger partial charge in [-0.25, -0.2) is 4.79 Å². The normalized spacial score (nSPS) is 15.3. The number of nitrogens with zero attached hydrogens (tertiary/aromatic N) is 2. The molecule has 3 amide bonds. The van der Waals surface area contributed by atoms with Crippen LogP contribution in [0.1, 0.15) is 54.0 Å². The summed E-state index contributed by atoms with van der Waals surface area (Å²) >= 11 is 0. The van der Waals surface area contributed by atoms with E-state index in [0.717, 1.165) is 17.0 Å². The number of ketones is 1. The van der Waals surface area contributed by atoms with E-state index in [0.29, 0.717) is 24.2 Å². The van der Waals surface area contributed by atoms with Gasteiger partial charge in [-0.1, -0.05) is 19.9 Å². The summed E-state index contributed by atoms with van der Waals surface area (Å²) < 4.78 is 45.8. The zero-order valence-electron chi connectivity index (χ0n) is 19.8. The Labute approximate surface area is 200 Å². The molecule has 0 aliphatic carbocycles. The summed E-state index contributed by atoms with van der Waals surface area (Å²) in [7, 11) is 0. The summed E-state index contributed by atoms with van der Waals surface area (Å²) in [5.41, 5.74) is -0.564. The van der Waals surface area contributed by atoms with Crippen molar-refractivity contribution < 1.29 is 37.1 Å². The van der Waals surface area contributed by atoms with Crippen LogP contribution in [0, 0.1) is 13.8 Å². The molecule has 2 heterocycles. The number of carbonyl (C=O) groups is 4. The molecule has 1 N–H and O–H groups in total. The van der Waals surface area contributed by atoms with E-state index in [4.69, 9.17) is 4.74 Å². The Morgan fingerprint density at radius 3 is 2.31 bits per heavy atom. The number of ether oxygens (including phenoxy) is 1. The van der Waals surface area contributed by atoms with Crippen LogP contribution in [0.2, 0.25) is 0 Å². The third-order valence-corrected chi connectivity index (χ3v) is 6.27. The second kappa shape index (κ2) is 9.55. The fraction of sp³-hybridized carbons (Fsp3) is 0.417. The molecule has 0 saturated carbocycles. The number of urea groups is 1. The number of alkyl halides is 3. The average molecular weight is 493 g/mol. The number of rotatable bonds is 8. The van der Waals surface area contributed by atoms with Crippen LogP contribution in [-0.4, -0.2) is 51.8 Å². The summed E-state index contributed by atoms with van der Waals surface area (Å²) in [4.78, 5) is 50.5. The molecule has 11 heteroatoms. The van der Waals surface area contributed by atoms with Crippen molar-refractivity contribution in [3.8, 4) is 5.69 Å². The Hall–Kier alpha value is -3.63. The molecule has 35 heavy (non-hydrogen) atoms. The first-order valence-electron chi connectivity index (χ1n) is 11.0. The molecule has 1 saturated heterocycles. The number of esters is 1. The monoisotopic (exact) mass is 493 g/mol. The maximum atomic E-state index is 13.1. The Morgan fingerprint density at radius 2 is 1.74 bits per heavy atom. The van der Waals surface area contributed by atoms with E-state index < -0.39 is 54.1 Å². The van der Waals surface area contributed by atoms with E-state index in [9.17, 15) is 32.3 Å². The number of hydrogen-bond donors (Lipinski definition) is 1. The highest BCUT2D eigenvalue weighted by Gasteiger charge is 2.49. The number of aromatic nitrogens is 1. The van der Waals surface area contributed by atoms with Gasteiger partial charge in [-0.05, 0) is 51.0 Å². The molecule has 0 atom stereocenters. The van der Waals surface area contributed by atoms with E-state index in [1.54, 1.807) is 27.7 Å². The molecular weight excluding hydrogens is 467 g/mol. The molecule has 0 radical (unpaired) electrons. The SMILES string of the molecule is CCC1(CC)NC(=O)N(CC(=O)OCC(=O)c2cc(C)n(-c3cccc(C(F)(F)F)c3)c2C)C1=O. The number of hydrogen-bond acceptors (Lipinski definition) is 5. The summed E-state index contributed by atoms with van der Waals surface area (Å²) in [5.74, 6) is -2.03. The Bertz CT molecular complexity index is 1180. The lowest BCUT2D eigenvalue weighted by atomic mass is 9.93. The quantitative estimate of drug-likeness (QED) is 0.341. The molecule has 0 bridgehead atoms. The minimum atomic E-state index is -4.51. The van der Waals surface area contributed by atoms with Crippen LogP contribution in [0.15, 0.2) is 30.3 Å². The van der Waals surface area contributed by atoms with Gasteiger partial charge >= 0.3 is 18.2 Å². The maximum Gasteiger partial charge on any atom is 0.416 e. The first kappa shape index (κ1) is 26.0. The lowest BCUT2D eigenvalue weighted by Crippen LogP contribution is -2.46. The van der Waals surface area contributed by atoms with Crippen molar-refractivity contribution in [1.29, 1.82) is 0 Å². The topological polar surface area (TPSA) is 97.7 Å². The fourth-order valence-electron chi connectivity index (χ4n) is 4.21. The first-order chi connectivity index (χ1) is 16.3. The third kappa shape index (κ3) is 4.94. The molecular formula is C24H26F3N3O5. The number of Topliss-reactive ketones (excluding diaryl/α,β-unsaturated/α-hetero) is 1. The number of aryl methyl sites for hydroxylation is 1. The van der Waals surface area contributed by atoms with Gasteiger partial charge in [-0.3, -0.25) is 19.3 Å². The van der Waals surface area contributed by atoms with Gasteiger partial charge in [-0.2, -0.15) is 13.2 Å². The minimum absolute atomic E-state index is 0.179. The number of imide groups is 1. The van der Waals surface area contributed by atoms with Gasteiger partial charge in [0.2, 0.25) is 5.78 Å². The van der Waals surface area contributed by atoms with Gasteiger partial charge in [0, 0.05) is 22.6 Å². The van der Waals surface area contributed by atoms with Crippen molar-refractivity contribution in [2.24, 2.45) is 0 Å². The lowest BCUT2D eigenvalue weighted by molar-refractivity contribution is -0.146. The van der Waals surface area contributed by atoms with Gasteiger partial charge in [0.1, 0.15) is 12.1 Å². The number of amides is 3. The van der Waals surface area contributed by atoms with Crippen LogP contribution >= 0.6 is 0 Å². The molecule has 1 fully saturated rings. The molecule has 188 valence electrons. The number of benzene rings is 1. The lowest BCUT2D eigenvalue weighted by Gasteiger charge is -2.22. The van der Waals surface area contributed by atoms with E-state index >= 15 is 0 Å². The first-order valence-corrected chi connectivity index (χ1v) is 11.0. The van der Waals surface area contributed by atoms with Gasteiger partial charge in [0.15, 0.2) is 6.61 Å². The minimum Gasteiger partial charge on any atom is -0.456 e. The Balaban J connectivity index is 1.70. The molecule has 1 aromatic carbocycles. The molecule has 8 nitrogen and oxygen atoms in total. The van der Waals surface area contributed by atoms with Gasteiger partial charge in [0.25, 0.3) is 5.91 Å². The van der Waals surface area contributed by atoms with E-state index in [2.05, 4.69) is 5.32 Å². The van der Waals surface area contributed by atoms with Crippen LogP contribution in [0.4, 0.5) is 18.0 Å².